The molecule has 3 aliphatic rings. The van der Waals surface area contributed by atoms with Gasteiger partial charge in [-0.05, 0) is 38.3 Å². The molecule has 1 aromatic heterocycles. The summed E-state index contributed by atoms with van der Waals surface area (Å²) < 4.78 is 17.7. The molecule has 3 aliphatic heterocycles. The van der Waals surface area contributed by atoms with Crippen molar-refractivity contribution in [1.29, 1.82) is 0 Å². The molecule has 0 unspecified atom stereocenters. The Morgan fingerprint density at radius 3 is 2.92 bits per heavy atom. The molecule has 2 atom stereocenters. The average Bonchev–Trinajstić information content (AvgIpc) is 3.37. The van der Waals surface area contributed by atoms with E-state index in [1.165, 1.54) is 0 Å². The van der Waals surface area contributed by atoms with Crippen molar-refractivity contribution >= 4 is 5.91 Å². The lowest BCUT2D eigenvalue weighted by Gasteiger charge is -2.23. The Labute approximate surface area is 149 Å². The zero-order valence-electron chi connectivity index (χ0n) is 15.0. The van der Waals surface area contributed by atoms with Gasteiger partial charge in [-0.2, -0.15) is 0 Å². The van der Waals surface area contributed by atoms with E-state index in [1.54, 1.807) is 0 Å². The Bertz CT molecular complexity index is 610. The molecule has 1 spiro atoms. The number of aryl methyl sites for hydroxylation is 1. The van der Waals surface area contributed by atoms with E-state index in [-0.39, 0.29) is 24.2 Å². The van der Waals surface area contributed by atoms with Crippen molar-refractivity contribution in [3.63, 3.8) is 0 Å². The molecule has 3 fully saturated rings. The first-order valence-electron chi connectivity index (χ1n) is 9.43. The number of ether oxygens (including phenoxy) is 2. The summed E-state index contributed by atoms with van der Waals surface area (Å²) in [6.07, 6.45) is 4.18. The molecule has 6 heteroatoms. The van der Waals surface area contributed by atoms with Gasteiger partial charge in [-0.3, -0.25) is 9.69 Å². The molecule has 3 saturated heterocycles. The highest BCUT2D eigenvalue weighted by atomic mass is 16.6. The molecule has 25 heavy (non-hydrogen) atoms. The van der Waals surface area contributed by atoms with Gasteiger partial charge in [0.15, 0.2) is 0 Å². The van der Waals surface area contributed by atoms with Gasteiger partial charge in [-0.25, -0.2) is 0 Å². The largest absolute Gasteiger partial charge is 0.465 e. The van der Waals surface area contributed by atoms with Crippen LogP contribution in [-0.2, 0) is 20.8 Å². The lowest BCUT2D eigenvalue weighted by atomic mass is 9.98. The second-order valence-electron chi connectivity index (χ2n) is 7.69. The van der Waals surface area contributed by atoms with Gasteiger partial charge in [0, 0.05) is 32.6 Å². The maximum absolute atomic E-state index is 12.1. The van der Waals surface area contributed by atoms with Gasteiger partial charge < -0.3 is 18.8 Å². The fourth-order valence-electron chi connectivity index (χ4n) is 4.29. The topological polar surface area (TPSA) is 55.2 Å². The van der Waals surface area contributed by atoms with Crippen LogP contribution in [0.1, 0.15) is 37.2 Å². The van der Waals surface area contributed by atoms with Gasteiger partial charge in [-0.15, -0.1) is 0 Å². The molecule has 4 rings (SSSR count). The molecule has 4 heterocycles. The van der Waals surface area contributed by atoms with E-state index in [0.29, 0.717) is 6.61 Å². The van der Waals surface area contributed by atoms with Crippen LogP contribution in [-0.4, -0.2) is 66.8 Å². The summed E-state index contributed by atoms with van der Waals surface area (Å²) in [6.45, 7) is 7.29. The maximum Gasteiger partial charge on any atom is 0.248 e. The monoisotopic (exact) mass is 348 g/mol. The van der Waals surface area contributed by atoms with Crippen LogP contribution in [0.3, 0.4) is 0 Å². The SMILES string of the molecule is Cc1ccc(CN2CC[C@]3(C[C@@H](OCC(=O)N4CCCC4)CO3)C2)o1. The van der Waals surface area contributed by atoms with Gasteiger partial charge in [-0.1, -0.05) is 0 Å². The first-order valence-corrected chi connectivity index (χ1v) is 9.43. The summed E-state index contributed by atoms with van der Waals surface area (Å²) in [7, 11) is 0. The zero-order chi connectivity index (χ0) is 17.3. The first kappa shape index (κ1) is 17.1. The van der Waals surface area contributed by atoms with Crippen molar-refractivity contribution in [3.05, 3.63) is 23.7 Å². The number of likely N-dealkylation sites (tertiary alicyclic amines) is 2. The van der Waals surface area contributed by atoms with E-state index in [9.17, 15) is 4.79 Å². The minimum Gasteiger partial charge on any atom is -0.465 e. The number of nitrogens with zero attached hydrogens (tertiary/aromatic N) is 2. The Morgan fingerprint density at radius 2 is 2.16 bits per heavy atom. The highest BCUT2D eigenvalue weighted by Gasteiger charge is 2.46. The lowest BCUT2D eigenvalue weighted by molar-refractivity contribution is -0.137. The van der Waals surface area contributed by atoms with E-state index in [4.69, 9.17) is 13.9 Å². The molecule has 1 aromatic rings. The molecular weight excluding hydrogens is 320 g/mol. The molecule has 0 bridgehead atoms. The smallest absolute Gasteiger partial charge is 0.248 e. The molecular formula is C19H28N2O4. The molecule has 0 aliphatic carbocycles. The molecule has 0 saturated carbocycles. The van der Waals surface area contributed by atoms with Gasteiger partial charge in [0.2, 0.25) is 5.91 Å². The Morgan fingerprint density at radius 1 is 1.32 bits per heavy atom. The zero-order valence-corrected chi connectivity index (χ0v) is 15.0. The van der Waals surface area contributed by atoms with Crippen LogP contribution >= 0.6 is 0 Å². The summed E-state index contributed by atoms with van der Waals surface area (Å²) >= 11 is 0. The number of amides is 1. The standard InChI is InChI=1S/C19H28N2O4/c1-15-4-5-16(25-15)11-20-9-6-19(14-20)10-17(12-24-19)23-13-18(22)21-7-2-3-8-21/h4-5,17H,2-3,6-14H2,1H3/t17-,19+/m1/s1. The summed E-state index contributed by atoms with van der Waals surface area (Å²) in [6, 6.07) is 4.06. The summed E-state index contributed by atoms with van der Waals surface area (Å²) in [4.78, 5) is 16.4. The fraction of sp³-hybridized carbons (Fsp3) is 0.737. The predicted molar refractivity (Wildman–Crippen MR) is 92.2 cm³/mol. The van der Waals surface area contributed by atoms with Crippen molar-refractivity contribution in [2.45, 2.75) is 50.9 Å². The van der Waals surface area contributed by atoms with E-state index < -0.39 is 0 Å². The number of hydrogen-bond acceptors (Lipinski definition) is 5. The second-order valence-corrected chi connectivity index (χ2v) is 7.69. The van der Waals surface area contributed by atoms with Gasteiger partial charge in [0.05, 0.1) is 24.9 Å². The van der Waals surface area contributed by atoms with Crippen LogP contribution in [0, 0.1) is 6.92 Å². The van der Waals surface area contributed by atoms with Crippen molar-refractivity contribution in [1.82, 2.24) is 9.80 Å². The molecule has 0 N–H and O–H groups in total. The minimum absolute atomic E-state index is 0.0392. The Hall–Kier alpha value is -1.37. The molecule has 138 valence electrons. The quantitative estimate of drug-likeness (QED) is 0.814. The van der Waals surface area contributed by atoms with E-state index in [0.717, 1.165) is 69.9 Å². The van der Waals surface area contributed by atoms with Crippen LogP contribution in [0.4, 0.5) is 0 Å². The number of rotatable bonds is 5. The highest BCUT2D eigenvalue weighted by molar-refractivity contribution is 5.77. The van der Waals surface area contributed by atoms with Crippen molar-refractivity contribution in [2.75, 3.05) is 39.4 Å². The van der Waals surface area contributed by atoms with Gasteiger partial charge in [0.25, 0.3) is 0 Å². The van der Waals surface area contributed by atoms with E-state index in [1.807, 2.05) is 24.0 Å². The van der Waals surface area contributed by atoms with E-state index >= 15 is 0 Å². The van der Waals surface area contributed by atoms with Crippen LogP contribution in [0.5, 0.6) is 0 Å². The molecule has 0 aromatic carbocycles. The third-order valence-corrected chi connectivity index (χ3v) is 5.65. The molecule has 6 nitrogen and oxygen atoms in total. The molecule has 0 radical (unpaired) electrons. The van der Waals surface area contributed by atoms with Crippen molar-refractivity contribution in [2.24, 2.45) is 0 Å². The number of furan rings is 1. The highest BCUT2D eigenvalue weighted by Crippen LogP contribution is 2.36. The first-order chi connectivity index (χ1) is 12.1. The lowest BCUT2D eigenvalue weighted by Crippen LogP contribution is -2.34. The summed E-state index contributed by atoms with van der Waals surface area (Å²) in [5, 5.41) is 0. The van der Waals surface area contributed by atoms with Crippen LogP contribution < -0.4 is 0 Å². The summed E-state index contributed by atoms with van der Waals surface area (Å²) in [5.41, 5.74) is -0.108. The predicted octanol–water partition coefficient (Wildman–Crippen LogP) is 1.96. The number of carbonyl (C=O) groups excluding carboxylic acids is 1. The van der Waals surface area contributed by atoms with Crippen LogP contribution in [0.15, 0.2) is 16.5 Å². The third kappa shape index (κ3) is 3.91. The second kappa shape index (κ2) is 7.09. The normalized spacial score (nSPS) is 30.0. The van der Waals surface area contributed by atoms with Crippen LogP contribution in [0.2, 0.25) is 0 Å². The van der Waals surface area contributed by atoms with E-state index in [2.05, 4.69) is 4.90 Å². The van der Waals surface area contributed by atoms with Crippen molar-refractivity contribution < 1.29 is 18.7 Å². The van der Waals surface area contributed by atoms with Crippen molar-refractivity contribution in [3.8, 4) is 0 Å². The maximum atomic E-state index is 12.1. The van der Waals surface area contributed by atoms with Crippen LogP contribution in [0.25, 0.3) is 0 Å². The number of hydrogen-bond donors (Lipinski definition) is 0. The third-order valence-electron chi connectivity index (χ3n) is 5.65. The van der Waals surface area contributed by atoms with Gasteiger partial charge in [0.1, 0.15) is 18.1 Å². The molecule has 1 amide bonds. The average molecular weight is 348 g/mol. The van der Waals surface area contributed by atoms with Gasteiger partial charge >= 0.3 is 0 Å². The Kier molecular flexibility index (Phi) is 4.84. The Balaban J connectivity index is 1.23. The minimum atomic E-state index is -0.108. The summed E-state index contributed by atoms with van der Waals surface area (Å²) in [5.74, 6) is 2.09. The fourth-order valence-corrected chi connectivity index (χ4v) is 4.29. The number of carbonyl (C=O) groups is 1.